The van der Waals surface area contributed by atoms with E-state index in [1.165, 1.54) is 23.8 Å². The Morgan fingerprint density at radius 2 is 2.14 bits per heavy atom. The summed E-state index contributed by atoms with van der Waals surface area (Å²) in [5.41, 5.74) is 2.42. The average Bonchev–Trinajstić information content (AvgIpc) is 3.38. The quantitative estimate of drug-likeness (QED) is 0.687. The average molecular weight is 380 g/mol. The van der Waals surface area contributed by atoms with E-state index in [0.29, 0.717) is 12.6 Å². The summed E-state index contributed by atoms with van der Waals surface area (Å²) in [6.07, 6.45) is 8.47. The van der Waals surface area contributed by atoms with Crippen LogP contribution in [0.2, 0.25) is 0 Å². The van der Waals surface area contributed by atoms with Crippen LogP contribution in [0.4, 0.5) is 0 Å². The van der Waals surface area contributed by atoms with Gasteiger partial charge in [0.1, 0.15) is 6.54 Å². The van der Waals surface area contributed by atoms with Crippen molar-refractivity contribution in [2.45, 2.75) is 58.4 Å². The van der Waals surface area contributed by atoms with E-state index < -0.39 is 0 Å². The number of nitrogens with one attached hydrogen (secondary N) is 1. The van der Waals surface area contributed by atoms with Crippen LogP contribution in [0.25, 0.3) is 10.9 Å². The molecule has 1 amide bonds. The Kier molecular flexibility index (Phi) is 5.48. The van der Waals surface area contributed by atoms with E-state index in [1.807, 2.05) is 43.1 Å². The molecule has 0 bridgehead atoms. The molecule has 1 aliphatic heterocycles. The third kappa shape index (κ3) is 4.12. The van der Waals surface area contributed by atoms with Gasteiger partial charge in [0.05, 0.1) is 6.54 Å². The van der Waals surface area contributed by atoms with Gasteiger partial charge < -0.3 is 9.88 Å². The lowest BCUT2D eigenvalue weighted by molar-refractivity contribution is -0.122. The molecule has 0 spiro atoms. The summed E-state index contributed by atoms with van der Waals surface area (Å²) >= 11 is 0. The van der Waals surface area contributed by atoms with E-state index in [1.54, 1.807) is 0 Å². The SMILES string of the molecule is CC(C)NC(=O)Cn1cc(CN2CCC[C@@H]2Cn2cccn2)c2ccccc21. The molecule has 0 saturated carbocycles. The lowest BCUT2D eigenvalue weighted by Gasteiger charge is -2.24. The van der Waals surface area contributed by atoms with Crippen molar-refractivity contribution in [1.29, 1.82) is 0 Å². The maximum absolute atomic E-state index is 12.3. The molecule has 1 saturated heterocycles. The first-order valence-electron chi connectivity index (χ1n) is 10.2. The minimum Gasteiger partial charge on any atom is -0.352 e. The van der Waals surface area contributed by atoms with Crippen LogP contribution in [0.15, 0.2) is 48.9 Å². The molecule has 0 radical (unpaired) electrons. The maximum atomic E-state index is 12.3. The molecule has 0 aliphatic carbocycles. The van der Waals surface area contributed by atoms with E-state index in [9.17, 15) is 4.79 Å². The van der Waals surface area contributed by atoms with E-state index >= 15 is 0 Å². The zero-order chi connectivity index (χ0) is 19.5. The second kappa shape index (κ2) is 8.19. The number of rotatable bonds is 7. The van der Waals surface area contributed by atoms with Crippen LogP contribution in [-0.2, 0) is 24.4 Å². The zero-order valence-electron chi connectivity index (χ0n) is 16.7. The highest BCUT2D eigenvalue weighted by molar-refractivity contribution is 5.86. The Morgan fingerprint density at radius 1 is 1.29 bits per heavy atom. The van der Waals surface area contributed by atoms with Gasteiger partial charge in [0.25, 0.3) is 0 Å². The van der Waals surface area contributed by atoms with Crippen LogP contribution in [0, 0.1) is 0 Å². The van der Waals surface area contributed by atoms with Crippen molar-refractivity contribution in [1.82, 2.24) is 24.6 Å². The second-order valence-corrected chi connectivity index (χ2v) is 8.02. The van der Waals surface area contributed by atoms with Crippen LogP contribution in [0.5, 0.6) is 0 Å². The summed E-state index contributed by atoms with van der Waals surface area (Å²) in [6, 6.07) is 11.0. The number of carbonyl (C=O) groups is 1. The van der Waals surface area contributed by atoms with Gasteiger partial charge in [0, 0.05) is 48.1 Å². The van der Waals surface area contributed by atoms with Crippen molar-refractivity contribution in [2.75, 3.05) is 6.54 Å². The number of hydrogen-bond donors (Lipinski definition) is 1. The van der Waals surface area contributed by atoms with E-state index in [2.05, 4.69) is 44.3 Å². The standard InChI is InChI=1S/C22H29N5O/c1-17(2)24-22(28)16-26-14-18(20-8-3-4-9-21(20)26)13-25-11-5-7-19(25)15-27-12-6-10-23-27/h3-4,6,8-10,12,14,17,19H,5,7,11,13,15-16H2,1-2H3,(H,24,28)/t19-/m1/s1. The van der Waals surface area contributed by atoms with Gasteiger partial charge >= 0.3 is 0 Å². The molecule has 1 aromatic carbocycles. The molecule has 3 heterocycles. The van der Waals surface area contributed by atoms with Crippen molar-refractivity contribution in [3.63, 3.8) is 0 Å². The van der Waals surface area contributed by atoms with Crippen LogP contribution in [0.3, 0.4) is 0 Å². The van der Waals surface area contributed by atoms with Crippen LogP contribution >= 0.6 is 0 Å². The third-order valence-electron chi connectivity index (χ3n) is 5.46. The molecule has 1 fully saturated rings. The van der Waals surface area contributed by atoms with Gasteiger partial charge in [-0.25, -0.2) is 0 Å². The minimum absolute atomic E-state index is 0.0556. The Labute approximate surface area is 166 Å². The third-order valence-corrected chi connectivity index (χ3v) is 5.46. The Bertz CT molecular complexity index is 928. The fraction of sp³-hybridized carbons (Fsp3) is 0.455. The summed E-state index contributed by atoms with van der Waals surface area (Å²) in [6.45, 7) is 7.29. The van der Waals surface area contributed by atoms with Crippen molar-refractivity contribution < 1.29 is 4.79 Å². The molecule has 6 nitrogen and oxygen atoms in total. The fourth-order valence-electron chi connectivity index (χ4n) is 4.26. The van der Waals surface area contributed by atoms with Crippen LogP contribution < -0.4 is 5.32 Å². The van der Waals surface area contributed by atoms with Crippen molar-refractivity contribution >= 4 is 16.8 Å². The van der Waals surface area contributed by atoms with E-state index in [0.717, 1.165) is 25.2 Å². The number of aromatic nitrogens is 3. The molecule has 1 atom stereocenters. The molecule has 2 aromatic heterocycles. The minimum atomic E-state index is 0.0556. The van der Waals surface area contributed by atoms with E-state index in [-0.39, 0.29) is 11.9 Å². The lowest BCUT2D eigenvalue weighted by Crippen LogP contribution is -2.33. The highest BCUT2D eigenvalue weighted by Gasteiger charge is 2.26. The van der Waals surface area contributed by atoms with Gasteiger partial charge in [0.2, 0.25) is 5.91 Å². The predicted octanol–water partition coefficient (Wildman–Crippen LogP) is 3.03. The number of para-hydroxylation sites is 1. The molecule has 4 rings (SSSR count). The summed E-state index contributed by atoms with van der Waals surface area (Å²) in [5, 5.41) is 8.60. The first-order valence-corrected chi connectivity index (χ1v) is 10.2. The Hall–Kier alpha value is -2.60. The monoisotopic (exact) mass is 379 g/mol. The number of carbonyl (C=O) groups excluding carboxylic acids is 1. The summed E-state index contributed by atoms with van der Waals surface area (Å²) in [7, 11) is 0. The highest BCUT2D eigenvalue weighted by atomic mass is 16.2. The highest BCUT2D eigenvalue weighted by Crippen LogP contribution is 2.27. The van der Waals surface area contributed by atoms with Crippen molar-refractivity contribution in [3.05, 3.63) is 54.5 Å². The Morgan fingerprint density at radius 3 is 2.93 bits per heavy atom. The molecule has 28 heavy (non-hydrogen) atoms. The normalized spacial score (nSPS) is 17.6. The van der Waals surface area contributed by atoms with Crippen molar-refractivity contribution in [3.8, 4) is 0 Å². The van der Waals surface area contributed by atoms with Crippen LogP contribution in [-0.4, -0.2) is 43.8 Å². The first kappa shape index (κ1) is 18.7. The first-order chi connectivity index (χ1) is 13.6. The fourth-order valence-corrected chi connectivity index (χ4v) is 4.26. The smallest absolute Gasteiger partial charge is 0.240 e. The summed E-state index contributed by atoms with van der Waals surface area (Å²) in [4.78, 5) is 14.9. The second-order valence-electron chi connectivity index (χ2n) is 8.02. The summed E-state index contributed by atoms with van der Waals surface area (Å²) in [5.74, 6) is 0.0556. The Balaban J connectivity index is 1.54. The topological polar surface area (TPSA) is 55.1 Å². The number of amides is 1. The number of nitrogens with zero attached hydrogens (tertiary/aromatic N) is 4. The molecule has 6 heteroatoms. The molecule has 0 unspecified atom stereocenters. The number of benzene rings is 1. The van der Waals surface area contributed by atoms with E-state index in [4.69, 9.17) is 0 Å². The van der Waals surface area contributed by atoms with Gasteiger partial charge in [-0.15, -0.1) is 0 Å². The van der Waals surface area contributed by atoms with Gasteiger partial charge in [-0.2, -0.15) is 5.10 Å². The number of hydrogen-bond acceptors (Lipinski definition) is 3. The largest absolute Gasteiger partial charge is 0.352 e. The number of fused-ring (bicyclic) bond motifs is 1. The molecule has 1 aliphatic rings. The number of likely N-dealkylation sites (tertiary alicyclic amines) is 1. The zero-order valence-corrected chi connectivity index (χ0v) is 16.7. The summed E-state index contributed by atoms with van der Waals surface area (Å²) < 4.78 is 4.11. The molecule has 148 valence electrons. The van der Waals surface area contributed by atoms with Gasteiger partial charge in [-0.3, -0.25) is 14.4 Å². The maximum Gasteiger partial charge on any atom is 0.240 e. The van der Waals surface area contributed by atoms with Crippen LogP contribution in [0.1, 0.15) is 32.3 Å². The van der Waals surface area contributed by atoms with Gasteiger partial charge in [-0.05, 0) is 50.9 Å². The van der Waals surface area contributed by atoms with Gasteiger partial charge in [-0.1, -0.05) is 18.2 Å². The van der Waals surface area contributed by atoms with Gasteiger partial charge in [0.15, 0.2) is 0 Å². The lowest BCUT2D eigenvalue weighted by atomic mass is 10.1. The molecular weight excluding hydrogens is 350 g/mol. The molecule has 1 N–H and O–H groups in total. The molecular formula is C22H29N5O. The molecule has 3 aromatic rings. The predicted molar refractivity (Wildman–Crippen MR) is 111 cm³/mol. The van der Waals surface area contributed by atoms with Crippen molar-refractivity contribution in [2.24, 2.45) is 0 Å².